The minimum atomic E-state index is 0.144. The van der Waals surface area contributed by atoms with E-state index in [1.54, 1.807) is 0 Å². The highest BCUT2D eigenvalue weighted by molar-refractivity contribution is 9.10. The van der Waals surface area contributed by atoms with Crippen LogP contribution in [0, 0.1) is 0 Å². The van der Waals surface area contributed by atoms with Crippen molar-refractivity contribution in [3.8, 4) is 0 Å². The second-order valence-corrected chi connectivity index (χ2v) is 8.28. The Kier molecular flexibility index (Phi) is 8.32. The van der Waals surface area contributed by atoms with E-state index in [9.17, 15) is 0 Å². The van der Waals surface area contributed by atoms with Crippen LogP contribution in [0.25, 0.3) is 0 Å². The molecule has 120 valence electrons. The Balaban J connectivity index is 2.64. The molecule has 1 N–H and O–H groups in total. The number of nitrogens with one attached hydrogen (secondary N) is 1. The molecule has 0 bridgehead atoms. The molecule has 0 atom stereocenters. The number of rotatable bonds is 8. The predicted molar refractivity (Wildman–Crippen MR) is 99.2 cm³/mol. The summed E-state index contributed by atoms with van der Waals surface area (Å²) in [4.78, 5) is 3.86. The lowest BCUT2D eigenvalue weighted by Gasteiger charge is -2.22. The molecule has 0 aliphatic rings. The normalized spacial score (nSPS) is 12.1. The van der Waals surface area contributed by atoms with Gasteiger partial charge in [0.1, 0.15) is 0 Å². The minimum Gasteiger partial charge on any atom is -0.308 e. The summed E-state index contributed by atoms with van der Waals surface area (Å²) in [7, 11) is 0. The molecule has 0 amide bonds. The fourth-order valence-electron chi connectivity index (χ4n) is 2.01. The van der Waals surface area contributed by atoms with Crippen LogP contribution in [-0.2, 0) is 6.54 Å². The number of hydrogen-bond acceptors (Lipinski definition) is 3. The first kappa shape index (κ1) is 19.0. The lowest BCUT2D eigenvalue weighted by molar-refractivity contribution is 0.324. The first-order valence-corrected chi connectivity index (χ1v) is 9.52. The summed E-state index contributed by atoms with van der Waals surface area (Å²) in [5.74, 6) is 1.14. The lowest BCUT2D eigenvalue weighted by Crippen LogP contribution is -2.35. The van der Waals surface area contributed by atoms with Gasteiger partial charge in [-0.05, 0) is 57.6 Å². The molecule has 1 rings (SSSR count). The monoisotopic (exact) mass is 372 g/mol. The van der Waals surface area contributed by atoms with Crippen LogP contribution in [0.3, 0.4) is 0 Å². The van der Waals surface area contributed by atoms with Crippen LogP contribution in [0.1, 0.15) is 40.2 Å². The summed E-state index contributed by atoms with van der Waals surface area (Å²) >= 11 is 5.55. The Morgan fingerprint density at radius 3 is 2.43 bits per heavy atom. The van der Waals surface area contributed by atoms with Crippen LogP contribution >= 0.6 is 27.7 Å². The van der Waals surface area contributed by atoms with Crippen LogP contribution in [0.15, 0.2) is 27.6 Å². The van der Waals surface area contributed by atoms with Crippen molar-refractivity contribution in [1.82, 2.24) is 10.2 Å². The zero-order valence-corrected chi connectivity index (χ0v) is 16.4. The highest BCUT2D eigenvalue weighted by atomic mass is 79.9. The van der Waals surface area contributed by atoms with Gasteiger partial charge in [-0.25, -0.2) is 0 Å². The molecule has 0 fully saturated rings. The van der Waals surface area contributed by atoms with Crippen LogP contribution < -0.4 is 5.32 Å². The Morgan fingerprint density at radius 2 is 1.86 bits per heavy atom. The molecular formula is C17H29BrN2S. The maximum Gasteiger partial charge on any atom is 0.0221 e. The molecule has 4 heteroatoms. The molecule has 1 aromatic carbocycles. The third-order valence-corrected chi connectivity index (χ3v) is 4.98. The first-order chi connectivity index (χ1) is 9.85. The van der Waals surface area contributed by atoms with E-state index in [1.165, 1.54) is 10.5 Å². The molecule has 0 aromatic heterocycles. The van der Waals surface area contributed by atoms with Gasteiger partial charge in [0.2, 0.25) is 0 Å². The van der Waals surface area contributed by atoms with E-state index >= 15 is 0 Å². The van der Waals surface area contributed by atoms with Gasteiger partial charge in [-0.15, -0.1) is 11.8 Å². The van der Waals surface area contributed by atoms with E-state index in [0.717, 1.165) is 36.4 Å². The Hall–Kier alpha value is -0.0300. The smallest absolute Gasteiger partial charge is 0.0221 e. The van der Waals surface area contributed by atoms with Gasteiger partial charge in [0, 0.05) is 33.7 Å². The van der Waals surface area contributed by atoms with E-state index in [0.29, 0.717) is 0 Å². The van der Waals surface area contributed by atoms with Gasteiger partial charge in [0.25, 0.3) is 0 Å². The summed E-state index contributed by atoms with van der Waals surface area (Å²) in [6, 6.07) is 6.61. The molecule has 21 heavy (non-hydrogen) atoms. The standard InChI is InChI=1S/C17H29BrN2S/c1-6-20(7-2)10-11-21-16-9-8-15(18)12-14(16)13-19-17(3,4)5/h8-9,12,19H,6-7,10-11,13H2,1-5H3. The zero-order chi connectivity index (χ0) is 15.9. The second-order valence-electron chi connectivity index (χ2n) is 6.23. The third kappa shape index (κ3) is 7.68. The van der Waals surface area contributed by atoms with E-state index in [1.807, 2.05) is 11.8 Å². The quantitative estimate of drug-likeness (QED) is 0.661. The highest BCUT2D eigenvalue weighted by Gasteiger charge is 2.11. The lowest BCUT2D eigenvalue weighted by atomic mass is 10.1. The van der Waals surface area contributed by atoms with Crippen molar-refractivity contribution in [2.24, 2.45) is 0 Å². The van der Waals surface area contributed by atoms with Crippen LogP contribution in [0.2, 0.25) is 0 Å². The van der Waals surface area contributed by atoms with Gasteiger partial charge < -0.3 is 10.2 Å². The predicted octanol–water partition coefficient (Wildman–Crippen LogP) is 4.77. The average molecular weight is 373 g/mol. The van der Waals surface area contributed by atoms with Crippen molar-refractivity contribution in [2.75, 3.05) is 25.4 Å². The number of hydrogen-bond donors (Lipinski definition) is 1. The summed E-state index contributed by atoms with van der Waals surface area (Å²) in [6.45, 7) is 15.4. The Morgan fingerprint density at radius 1 is 1.19 bits per heavy atom. The second kappa shape index (κ2) is 9.19. The van der Waals surface area contributed by atoms with Gasteiger partial charge in [-0.3, -0.25) is 0 Å². The highest BCUT2D eigenvalue weighted by Crippen LogP contribution is 2.26. The van der Waals surface area contributed by atoms with Gasteiger partial charge in [-0.1, -0.05) is 29.8 Å². The van der Waals surface area contributed by atoms with Crippen molar-refractivity contribution in [2.45, 2.75) is 51.6 Å². The third-order valence-electron chi connectivity index (χ3n) is 3.39. The van der Waals surface area contributed by atoms with Gasteiger partial charge in [0.15, 0.2) is 0 Å². The topological polar surface area (TPSA) is 15.3 Å². The van der Waals surface area contributed by atoms with E-state index < -0.39 is 0 Å². The number of thioether (sulfide) groups is 1. The fraction of sp³-hybridized carbons (Fsp3) is 0.647. The SMILES string of the molecule is CCN(CC)CCSc1ccc(Br)cc1CNC(C)(C)C. The van der Waals surface area contributed by atoms with Gasteiger partial charge in [0.05, 0.1) is 0 Å². The van der Waals surface area contributed by atoms with Crippen LogP contribution in [0.5, 0.6) is 0 Å². The Bertz CT molecular complexity index is 425. The number of benzene rings is 1. The maximum absolute atomic E-state index is 3.59. The molecule has 0 saturated carbocycles. The van der Waals surface area contributed by atoms with Crippen molar-refractivity contribution in [3.63, 3.8) is 0 Å². The first-order valence-electron chi connectivity index (χ1n) is 7.74. The molecule has 0 spiro atoms. The number of halogens is 1. The maximum atomic E-state index is 3.59. The summed E-state index contributed by atoms with van der Waals surface area (Å²) in [6.07, 6.45) is 0. The summed E-state index contributed by atoms with van der Waals surface area (Å²) < 4.78 is 1.15. The average Bonchev–Trinajstić information content (AvgIpc) is 2.42. The molecule has 0 saturated heterocycles. The van der Waals surface area contributed by atoms with Crippen LogP contribution in [0.4, 0.5) is 0 Å². The Labute approximate surface area is 143 Å². The van der Waals surface area contributed by atoms with Crippen molar-refractivity contribution in [1.29, 1.82) is 0 Å². The molecular weight excluding hydrogens is 344 g/mol. The number of nitrogens with zero attached hydrogens (tertiary/aromatic N) is 1. The van der Waals surface area contributed by atoms with Gasteiger partial charge in [-0.2, -0.15) is 0 Å². The largest absolute Gasteiger partial charge is 0.308 e. The van der Waals surface area contributed by atoms with Crippen LogP contribution in [-0.4, -0.2) is 35.8 Å². The van der Waals surface area contributed by atoms with E-state index in [-0.39, 0.29) is 5.54 Å². The molecule has 0 aliphatic carbocycles. The van der Waals surface area contributed by atoms with Crippen molar-refractivity contribution in [3.05, 3.63) is 28.2 Å². The summed E-state index contributed by atoms with van der Waals surface area (Å²) in [5, 5.41) is 3.58. The molecule has 0 aliphatic heterocycles. The molecule has 0 unspecified atom stereocenters. The zero-order valence-electron chi connectivity index (χ0n) is 14.0. The van der Waals surface area contributed by atoms with Crippen molar-refractivity contribution >= 4 is 27.7 Å². The molecule has 2 nitrogen and oxygen atoms in total. The summed E-state index contributed by atoms with van der Waals surface area (Å²) in [5.41, 5.74) is 1.52. The van der Waals surface area contributed by atoms with Crippen molar-refractivity contribution < 1.29 is 0 Å². The van der Waals surface area contributed by atoms with Gasteiger partial charge >= 0.3 is 0 Å². The molecule has 0 radical (unpaired) electrons. The molecule has 1 aromatic rings. The minimum absolute atomic E-state index is 0.144. The van der Waals surface area contributed by atoms with E-state index in [2.05, 4.69) is 79.0 Å². The van der Waals surface area contributed by atoms with E-state index in [4.69, 9.17) is 0 Å². The fourth-order valence-corrected chi connectivity index (χ4v) is 3.47. The molecule has 0 heterocycles.